The summed E-state index contributed by atoms with van der Waals surface area (Å²) in [7, 11) is -6.70. The standard InChI is InChI=1S/C31H42F4O9S/c1-29(28(38)42-3-2-30(32,33)31(34,35)45(39,40)41,14-43-26(36)24-20-6-16-4-17(8-20)9-21(24)7-16)15-44-27(37)25-22-10-18-5-19(12-22)13-23(25)11-18/h16-25H,2-15H2,1H3,(H,39,40,41)/p-1. The molecule has 0 aromatic heterocycles. The third-order valence-electron chi connectivity index (χ3n) is 11.9. The largest absolute Gasteiger partial charge is 0.743 e. The van der Waals surface area contributed by atoms with Crippen LogP contribution in [0.3, 0.4) is 0 Å². The molecule has 9 nitrogen and oxygen atoms in total. The number of halogens is 4. The predicted octanol–water partition coefficient (Wildman–Crippen LogP) is 4.93. The van der Waals surface area contributed by atoms with Crippen LogP contribution in [0, 0.1) is 64.6 Å². The highest BCUT2D eigenvalue weighted by Gasteiger charge is 2.61. The van der Waals surface area contributed by atoms with E-state index < -0.39 is 70.9 Å². The quantitative estimate of drug-likeness (QED) is 0.123. The molecule has 0 radical (unpaired) electrons. The first-order valence-electron chi connectivity index (χ1n) is 16.2. The summed E-state index contributed by atoms with van der Waals surface area (Å²) < 4.78 is 103. The lowest BCUT2D eigenvalue weighted by Gasteiger charge is -2.53. The van der Waals surface area contributed by atoms with E-state index >= 15 is 0 Å². The average Bonchev–Trinajstić information content (AvgIpc) is 2.93. The van der Waals surface area contributed by atoms with Gasteiger partial charge < -0.3 is 18.8 Å². The second-order valence-corrected chi connectivity index (χ2v) is 16.7. The number of carbonyl (C=O) groups excluding carboxylic acids is 3. The van der Waals surface area contributed by atoms with Gasteiger partial charge >= 0.3 is 29.1 Å². The first kappa shape index (κ1) is 33.0. The molecule has 8 bridgehead atoms. The van der Waals surface area contributed by atoms with E-state index in [2.05, 4.69) is 0 Å². The highest BCUT2D eigenvalue weighted by molar-refractivity contribution is 7.86. The van der Waals surface area contributed by atoms with E-state index in [1.807, 2.05) is 0 Å². The average molecular weight is 666 g/mol. The van der Waals surface area contributed by atoms with Gasteiger partial charge in [0.25, 0.3) is 0 Å². The molecule has 8 rings (SSSR count). The van der Waals surface area contributed by atoms with Crippen LogP contribution in [-0.4, -0.2) is 61.9 Å². The van der Waals surface area contributed by atoms with E-state index in [0.717, 1.165) is 51.4 Å². The van der Waals surface area contributed by atoms with Crippen LogP contribution in [0.4, 0.5) is 17.6 Å². The summed E-state index contributed by atoms with van der Waals surface area (Å²) >= 11 is 0. The molecule has 0 aromatic carbocycles. The molecule has 254 valence electrons. The van der Waals surface area contributed by atoms with Gasteiger partial charge in [-0.25, -0.2) is 8.42 Å². The third kappa shape index (κ3) is 6.11. The Bertz CT molecular complexity index is 1190. The normalized spacial score (nSPS) is 38.1. The smallest absolute Gasteiger partial charge is 0.396 e. The summed E-state index contributed by atoms with van der Waals surface area (Å²) in [4.78, 5) is 40.0. The third-order valence-corrected chi connectivity index (χ3v) is 12.9. The van der Waals surface area contributed by atoms with E-state index in [4.69, 9.17) is 14.2 Å². The Morgan fingerprint density at radius 3 is 1.36 bits per heavy atom. The molecule has 0 aromatic rings. The maximum atomic E-state index is 14.0. The summed E-state index contributed by atoms with van der Waals surface area (Å²) in [5.41, 5.74) is -1.86. The van der Waals surface area contributed by atoms with Gasteiger partial charge in [0.1, 0.15) is 18.6 Å². The van der Waals surface area contributed by atoms with Gasteiger partial charge in [-0.15, -0.1) is 0 Å². The Hall–Kier alpha value is -1.96. The highest BCUT2D eigenvalue weighted by atomic mass is 32.2. The maximum absolute atomic E-state index is 14.0. The predicted molar refractivity (Wildman–Crippen MR) is 146 cm³/mol. The van der Waals surface area contributed by atoms with Crippen molar-refractivity contribution in [2.24, 2.45) is 64.6 Å². The van der Waals surface area contributed by atoms with Gasteiger partial charge in [-0.1, -0.05) is 0 Å². The van der Waals surface area contributed by atoms with Crippen LogP contribution < -0.4 is 0 Å². The summed E-state index contributed by atoms with van der Waals surface area (Å²) in [5.74, 6) is -5.06. The Kier molecular flexibility index (Phi) is 8.52. The minimum absolute atomic E-state index is 0.183. The molecule has 8 aliphatic rings. The van der Waals surface area contributed by atoms with Crippen LogP contribution in [-0.2, 0) is 38.7 Å². The zero-order valence-electron chi connectivity index (χ0n) is 25.3. The van der Waals surface area contributed by atoms with E-state index in [0.29, 0.717) is 23.7 Å². The molecule has 0 saturated heterocycles. The fraction of sp³-hybridized carbons (Fsp3) is 0.903. The zero-order chi connectivity index (χ0) is 32.5. The van der Waals surface area contributed by atoms with E-state index in [9.17, 15) is 44.9 Å². The Morgan fingerprint density at radius 1 is 0.667 bits per heavy atom. The van der Waals surface area contributed by atoms with Gasteiger partial charge in [-0.3, -0.25) is 14.4 Å². The van der Waals surface area contributed by atoms with Crippen molar-refractivity contribution in [3.05, 3.63) is 0 Å². The van der Waals surface area contributed by atoms with Crippen LogP contribution in [0.15, 0.2) is 0 Å². The van der Waals surface area contributed by atoms with E-state index in [1.54, 1.807) is 0 Å². The van der Waals surface area contributed by atoms with Crippen molar-refractivity contribution in [3.63, 3.8) is 0 Å². The van der Waals surface area contributed by atoms with Crippen molar-refractivity contribution in [1.82, 2.24) is 0 Å². The number of alkyl halides is 4. The molecule has 0 unspecified atom stereocenters. The molecular formula is C31H41F4O9S-. The van der Waals surface area contributed by atoms with Crippen molar-refractivity contribution >= 4 is 28.0 Å². The minimum atomic E-state index is -6.70. The van der Waals surface area contributed by atoms with Gasteiger partial charge in [0.15, 0.2) is 10.1 Å². The van der Waals surface area contributed by atoms with Crippen molar-refractivity contribution in [3.8, 4) is 0 Å². The molecule has 0 amide bonds. The number of hydrogen-bond acceptors (Lipinski definition) is 9. The van der Waals surface area contributed by atoms with Crippen molar-refractivity contribution in [1.29, 1.82) is 0 Å². The Labute approximate surface area is 260 Å². The summed E-state index contributed by atoms with van der Waals surface area (Å²) in [5, 5.41) is -5.92. The van der Waals surface area contributed by atoms with Gasteiger partial charge in [-0.2, -0.15) is 17.6 Å². The van der Waals surface area contributed by atoms with E-state index in [-0.39, 0.29) is 35.5 Å². The topological polar surface area (TPSA) is 136 Å². The van der Waals surface area contributed by atoms with Crippen LogP contribution in [0.5, 0.6) is 0 Å². The summed E-state index contributed by atoms with van der Waals surface area (Å²) in [6.45, 7) is -1.27. The number of esters is 3. The molecule has 0 atom stereocenters. The van der Waals surface area contributed by atoms with Crippen LogP contribution in [0.1, 0.15) is 77.6 Å². The second kappa shape index (κ2) is 11.6. The van der Waals surface area contributed by atoms with Crippen LogP contribution in [0.25, 0.3) is 0 Å². The molecule has 0 spiro atoms. The Balaban J connectivity index is 1.11. The molecule has 14 heteroatoms. The maximum Gasteiger partial charge on any atom is 0.396 e. The van der Waals surface area contributed by atoms with Gasteiger partial charge in [0.2, 0.25) is 0 Å². The molecule has 0 heterocycles. The molecule has 0 N–H and O–H groups in total. The number of rotatable bonds is 12. The lowest BCUT2D eigenvalue weighted by molar-refractivity contribution is -0.186. The summed E-state index contributed by atoms with van der Waals surface area (Å²) in [6.07, 6.45) is 7.91. The highest BCUT2D eigenvalue weighted by Crippen LogP contribution is 2.58. The molecule has 45 heavy (non-hydrogen) atoms. The lowest BCUT2D eigenvalue weighted by atomic mass is 9.52. The first-order valence-corrected chi connectivity index (χ1v) is 17.6. The molecule has 0 aliphatic heterocycles. The van der Waals surface area contributed by atoms with Gasteiger partial charge in [0, 0.05) is 0 Å². The zero-order valence-corrected chi connectivity index (χ0v) is 26.1. The summed E-state index contributed by atoms with van der Waals surface area (Å²) in [6, 6.07) is 0. The van der Waals surface area contributed by atoms with Crippen molar-refractivity contribution < 1.29 is 59.1 Å². The molecule has 8 saturated carbocycles. The molecular weight excluding hydrogens is 624 g/mol. The van der Waals surface area contributed by atoms with Gasteiger partial charge in [-0.05, 0) is 118 Å². The fourth-order valence-corrected chi connectivity index (χ4v) is 10.7. The first-order chi connectivity index (χ1) is 21.0. The molecule has 8 aliphatic carbocycles. The van der Waals surface area contributed by atoms with Crippen LogP contribution in [0.2, 0.25) is 0 Å². The number of hydrogen-bond donors (Lipinski definition) is 0. The fourth-order valence-electron chi connectivity index (χ4n) is 10.2. The molecule has 8 fully saturated rings. The Morgan fingerprint density at radius 2 is 1.02 bits per heavy atom. The van der Waals surface area contributed by atoms with E-state index in [1.165, 1.54) is 19.8 Å². The van der Waals surface area contributed by atoms with Crippen molar-refractivity contribution in [2.45, 2.75) is 88.7 Å². The number of carbonyl (C=O) groups is 3. The number of ether oxygens (including phenoxy) is 3. The lowest BCUT2D eigenvalue weighted by Crippen LogP contribution is -2.50. The van der Waals surface area contributed by atoms with Crippen molar-refractivity contribution in [2.75, 3.05) is 19.8 Å². The monoisotopic (exact) mass is 665 g/mol. The SMILES string of the molecule is CC(COC(=O)C1C2CC3CC(C2)CC1C3)(COC(=O)C1C2CC3CC(C2)CC1C3)C(=O)OCCC(F)(F)C(F)(F)S(=O)(=O)[O-]. The van der Waals surface area contributed by atoms with Gasteiger partial charge in [0.05, 0.1) is 24.9 Å². The van der Waals surface area contributed by atoms with Crippen LogP contribution >= 0.6 is 0 Å². The second-order valence-electron chi connectivity index (χ2n) is 15.3. The minimum Gasteiger partial charge on any atom is -0.743 e.